The number of ether oxygens (including phenoxy) is 1. The number of nitrogens with zero attached hydrogens (tertiary/aromatic N) is 2. The molecule has 0 N–H and O–H groups in total. The van der Waals surface area contributed by atoms with Gasteiger partial charge in [-0.2, -0.15) is 0 Å². The summed E-state index contributed by atoms with van der Waals surface area (Å²) in [6.07, 6.45) is 7.96. The molecular formula is C13H18N2O2. The molecule has 0 saturated heterocycles. The van der Waals surface area contributed by atoms with Gasteiger partial charge >= 0.3 is 5.97 Å². The van der Waals surface area contributed by atoms with Crippen LogP contribution in [0.2, 0.25) is 0 Å². The quantitative estimate of drug-likeness (QED) is 0.702. The first kappa shape index (κ1) is 13.2. The van der Waals surface area contributed by atoms with Gasteiger partial charge in [0.15, 0.2) is 0 Å². The molecule has 92 valence electrons. The van der Waals surface area contributed by atoms with Gasteiger partial charge in [-0.05, 0) is 19.4 Å². The Balaban J connectivity index is 0.000000686. The number of esters is 1. The zero-order valence-corrected chi connectivity index (χ0v) is 10.7. The zero-order valence-electron chi connectivity index (χ0n) is 10.7. The lowest BCUT2D eigenvalue weighted by Crippen LogP contribution is -2.03. The fourth-order valence-electron chi connectivity index (χ4n) is 1.54. The van der Waals surface area contributed by atoms with Crippen LogP contribution >= 0.6 is 0 Å². The molecule has 0 aromatic carbocycles. The fourth-order valence-corrected chi connectivity index (χ4v) is 1.54. The Hall–Kier alpha value is -1.84. The van der Waals surface area contributed by atoms with Crippen molar-refractivity contribution >= 4 is 18.2 Å². The van der Waals surface area contributed by atoms with Crippen molar-refractivity contribution in [3.8, 4) is 0 Å². The van der Waals surface area contributed by atoms with E-state index in [9.17, 15) is 4.79 Å². The van der Waals surface area contributed by atoms with Crippen molar-refractivity contribution in [1.29, 1.82) is 0 Å². The van der Waals surface area contributed by atoms with E-state index in [2.05, 4.69) is 9.72 Å². The predicted molar refractivity (Wildman–Crippen MR) is 68.3 cm³/mol. The number of hydrogen-bond donors (Lipinski definition) is 0. The minimum atomic E-state index is -0.297. The molecule has 4 heteroatoms. The van der Waals surface area contributed by atoms with E-state index in [4.69, 9.17) is 0 Å². The van der Waals surface area contributed by atoms with Crippen LogP contribution in [0.15, 0.2) is 17.8 Å². The summed E-state index contributed by atoms with van der Waals surface area (Å²) in [7, 11) is 1.38. The van der Waals surface area contributed by atoms with Crippen molar-refractivity contribution in [2.75, 3.05) is 7.11 Å². The van der Waals surface area contributed by atoms with E-state index >= 15 is 0 Å². The van der Waals surface area contributed by atoms with Crippen LogP contribution in [0.3, 0.4) is 0 Å². The van der Waals surface area contributed by atoms with E-state index < -0.39 is 0 Å². The van der Waals surface area contributed by atoms with E-state index in [-0.39, 0.29) is 5.97 Å². The number of allylic oxidation sites excluding steroid dienone is 1. The molecule has 0 bridgehead atoms. The van der Waals surface area contributed by atoms with Gasteiger partial charge in [-0.1, -0.05) is 19.9 Å². The van der Waals surface area contributed by atoms with E-state index in [1.54, 1.807) is 12.3 Å². The van der Waals surface area contributed by atoms with Gasteiger partial charge in [0.25, 0.3) is 0 Å². The van der Waals surface area contributed by atoms with Crippen molar-refractivity contribution in [1.82, 2.24) is 9.55 Å². The van der Waals surface area contributed by atoms with Crippen LogP contribution < -0.4 is 0 Å². The minimum Gasteiger partial charge on any atom is -0.466 e. The molecule has 1 aromatic rings. The fraction of sp³-hybridized carbons (Fsp3) is 0.385. The third-order valence-electron chi connectivity index (χ3n) is 2.35. The highest BCUT2D eigenvalue weighted by molar-refractivity contribution is 5.93. The molecule has 0 amide bonds. The first-order chi connectivity index (χ1) is 8.22. The smallest absolute Gasteiger partial charge is 0.334 e. The monoisotopic (exact) mass is 234 g/mol. The topological polar surface area (TPSA) is 44.1 Å². The molecular weight excluding hydrogens is 216 g/mol. The lowest BCUT2D eigenvalue weighted by atomic mass is 10.2. The first-order valence-corrected chi connectivity index (χ1v) is 5.71. The van der Waals surface area contributed by atoms with Gasteiger partial charge in [0.05, 0.1) is 7.11 Å². The molecule has 1 aromatic heterocycles. The maximum Gasteiger partial charge on any atom is 0.334 e. The molecule has 0 aliphatic carbocycles. The second-order valence-corrected chi connectivity index (χ2v) is 3.38. The number of methoxy groups -OCH3 is 1. The van der Waals surface area contributed by atoms with Crippen molar-refractivity contribution in [3.63, 3.8) is 0 Å². The van der Waals surface area contributed by atoms with Crippen LogP contribution in [0.1, 0.15) is 31.8 Å². The van der Waals surface area contributed by atoms with Gasteiger partial charge in [0.2, 0.25) is 0 Å². The minimum absolute atomic E-state index is 0.297. The summed E-state index contributed by atoms with van der Waals surface area (Å²) >= 11 is 0. The number of carbonyl (C=O) groups excluding carboxylic acids is 1. The molecule has 0 radical (unpaired) electrons. The number of aryl methyl sites for hydroxylation is 1. The number of aromatic nitrogens is 2. The third kappa shape index (κ3) is 2.84. The van der Waals surface area contributed by atoms with Crippen LogP contribution in [0.4, 0.5) is 0 Å². The maximum atomic E-state index is 11.4. The Morgan fingerprint density at radius 1 is 1.47 bits per heavy atom. The summed E-state index contributed by atoms with van der Waals surface area (Å²) < 4.78 is 6.63. The average molecular weight is 234 g/mol. The molecule has 0 atom stereocenters. The van der Waals surface area contributed by atoms with E-state index in [1.165, 1.54) is 7.11 Å². The van der Waals surface area contributed by atoms with Crippen molar-refractivity contribution < 1.29 is 9.53 Å². The molecule has 1 aliphatic rings. The SMILES string of the molecule is CC.COC(=O)C1=Cc2ncc(C)n2C=CC1. The molecule has 4 nitrogen and oxygen atoms in total. The molecule has 1 aliphatic heterocycles. The Kier molecular flexibility index (Phi) is 4.69. The molecule has 2 heterocycles. The van der Waals surface area contributed by atoms with Crippen molar-refractivity contribution in [2.45, 2.75) is 27.2 Å². The summed E-state index contributed by atoms with van der Waals surface area (Å²) in [6, 6.07) is 0. The molecule has 0 fully saturated rings. The van der Waals surface area contributed by atoms with E-state index in [0.717, 1.165) is 11.5 Å². The van der Waals surface area contributed by atoms with Crippen LogP contribution in [0.5, 0.6) is 0 Å². The van der Waals surface area contributed by atoms with E-state index in [1.807, 2.05) is 37.6 Å². The van der Waals surface area contributed by atoms with Crippen LogP contribution in [0, 0.1) is 6.92 Å². The standard InChI is InChI=1S/C11H12N2O2.C2H6/c1-8-7-12-10-6-9(11(14)15-2)4-3-5-13(8)10;1-2/h3,5-7H,4H2,1-2H3;1-2H3. The second kappa shape index (κ2) is 6.03. The highest BCUT2D eigenvalue weighted by Crippen LogP contribution is 2.17. The summed E-state index contributed by atoms with van der Waals surface area (Å²) in [6.45, 7) is 5.97. The molecule has 0 spiro atoms. The third-order valence-corrected chi connectivity index (χ3v) is 2.35. The van der Waals surface area contributed by atoms with E-state index in [0.29, 0.717) is 12.0 Å². The van der Waals surface area contributed by atoms with Gasteiger partial charge in [-0.15, -0.1) is 0 Å². The summed E-state index contributed by atoms with van der Waals surface area (Å²) in [5.41, 5.74) is 1.67. The summed E-state index contributed by atoms with van der Waals surface area (Å²) in [5.74, 6) is 0.468. The van der Waals surface area contributed by atoms with Gasteiger partial charge in [-0.3, -0.25) is 0 Å². The first-order valence-electron chi connectivity index (χ1n) is 5.71. The molecule has 0 unspecified atom stereocenters. The Morgan fingerprint density at radius 3 is 2.82 bits per heavy atom. The predicted octanol–water partition coefficient (Wildman–Crippen LogP) is 2.65. The number of imidazole rings is 1. The van der Waals surface area contributed by atoms with Gasteiger partial charge in [0, 0.05) is 23.7 Å². The second-order valence-electron chi connectivity index (χ2n) is 3.38. The van der Waals surface area contributed by atoms with Crippen LogP contribution in [0.25, 0.3) is 12.3 Å². The molecule has 0 saturated carbocycles. The Labute approximate surface area is 102 Å². The van der Waals surface area contributed by atoms with Gasteiger partial charge in [-0.25, -0.2) is 9.78 Å². The Bertz CT molecular complexity index is 456. The highest BCUT2D eigenvalue weighted by Gasteiger charge is 2.13. The maximum absolute atomic E-state index is 11.4. The van der Waals surface area contributed by atoms with Crippen LogP contribution in [-0.4, -0.2) is 22.6 Å². The number of fused-ring (bicyclic) bond motifs is 1. The lowest BCUT2D eigenvalue weighted by Gasteiger charge is -2.00. The van der Waals surface area contributed by atoms with Gasteiger partial charge in [0.1, 0.15) is 5.82 Å². The molecule has 2 rings (SSSR count). The van der Waals surface area contributed by atoms with Crippen molar-refractivity contribution in [2.24, 2.45) is 0 Å². The normalized spacial score (nSPS) is 12.8. The highest BCUT2D eigenvalue weighted by atomic mass is 16.5. The summed E-state index contributed by atoms with van der Waals surface area (Å²) in [5, 5.41) is 0. The number of hydrogen-bond acceptors (Lipinski definition) is 3. The lowest BCUT2D eigenvalue weighted by molar-refractivity contribution is -0.136. The van der Waals surface area contributed by atoms with Crippen molar-refractivity contribution in [3.05, 3.63) is 29.4 Å². The summed E-state index contributed by atoms with van der Waals surface area (Å²) in [4.78, 5) is 15.6. The van der Waals surface area contributed by atoms with Gasteiger partial charge < -0.3 is 9.30 Å². The number of carbonyl (C=O) groups is 1. The zero-order chi connectivity index (χ0) is 12.8. The average Bonchev–Trinajstić information content (AvgIpc) is 2.60. The van der Waals surface area contributed by atoms with Crippen LogP contribution in [-0.2, 0) is 9.53 Å². The molecule has 17 heavy (non-hydrogen) atoms. The largest absolute Gasteiger partial charge is 0.466 e. The number of rotatable bonds is 1. The Morgan fingerprint density at radius 2 is 2.18 bits per heavy atom.